The predicted octanol–water partition coefficient (Wildman–Crippen LogP) is 7.19. The Labute approximate surface area is 205 Å². The second kappa shape index (κ2) is 10.5. The first-order chi connectivity index (χ1) is 16.8. The lowest BCUT2D eigenvalue weighted by molar-refractivity contribution is -0.137. The molecule has 0 saturated carbocycles. The number of thiophene rings is 1. The van der Waals surface area contributed by atoms with Gasteiger partial charge < -0.3 is 15.2 Å². The molecule has 0 amide bonds. The molecule has 4 nitrogen and oxygen atoms in total. The molecule has 2 N–H and O–H groups in total. The van der Waals surface area contributed by atoms with E-state index in [0.29, 0.717) is 21.6 Å². The summed E-state index contributed by atoms with van der Waals surface area (Å²) in [6, 6.07) is 16.4. The normalized spacial score (nSPS) is 11.7. The third kappa shape index (κ3) is 5.83. The van der Waals surface area contributed by atoms with Gasteiger partial charge in [0.15, 0.2) is 5.75 Å². The molecule has 0 spiro atoms. The summed E-state index contributed by atoms with van der Waals surface area (Å²) in [5.74, 6) is 0.444. The number of ether oxygens (including phenoxy) is 1. The van der Waals surface area contributed by atoms with Crippen LogP contribution in [0.1, 0.15) is 39.7 Å². The van der Waals surface area contributed by atoms with E-state index >= 15 is 0 Å². The van der Waals surface area contributed by atoms with Gasteiger partial charge in [-0.2, -0.15) is 13.2 Å². The van der Waals surface area contributed by atoms with Crippen molar-refractivity contribution in [2.45, 2.75) is 25.9 Å². The molecule has 0 aliphatic rings. The van der Waals surface area contributed by atoms with Crippen LogP contribution in [0.2, 0.25) is 0 Å². The van der Waals surface area contributed by atoms with Crippen LogP contribution in [0.15, 0.2) is 66.7 Å². The highest BCUT2D eigenvalue weighted by Crippen LogP contribution is 2.43. The summed E-state index contributed by atoms with van der Waals surface area (Å²) in [6.45, 7) is 3.95. The van der Waals surface area contributed by atoms with Crippen LogP contribution in [-0.4, -0.2) is 24.0 Å². The van der Waals surface area contributed by atoms with E-state index in [-0.39, 0.29) is 16.2 Å². The molecule has 8 heteroatoms. The zero-order valence-electron chi connectivity index (χ0n) is 19.0. The minimum Gasteiger partial charge on any atom is -0.508 e. The van der Waals surface area contributed by atoms with E-state index in [0.717, 1.165) is 55.0 Å². The SMILES string of the molecule is CCNCCCc1ccc(Oc2c(C(=O)c3ccc(C(F)(F)F)cc3)sc3cc(O)ccc23)cc1. The Morgan fingerprint density at radius 3 is 2.40 bits per heavy atom. The molecule has 0 bridgehead atoms. The molecule has 35 heavy (non-hydrogen) atoms. The zero-order chi connectivity index (χ0) is 25.0. The molecule has 0 radical (unpaired) electrons. The highest BCUT2D eigenvalue weighted by atomic mass is 32.1. The van der Waals surface area contributed by atoms with Crippen molar-refractivity contribution in [2.75, 3.05) is 13.1 Å². The standard InChI is InChI=1S/C27H24F3NO3S/c1-2-31-15-3-4-17-5-12-21(13-6-17)34-25-22-14-11-20(32)16-23(22)35-26(25)24(33)18-7-9-19(10-8-18)27(28,29)30/h5-14,16,31-32H,2-4,15H2,1H3. The maximum atomic E-state index is 13.3. The quantitative estimate of drug-likeness (QED) is 0.189. The number of aromatic hydroxyl groups is 1. The predicted molar refractivity (Wildman–Crippen MR) is 132 cm³/mol. The van der Waals surface area contributed by atoms with Crippen LogP contribution < -0.4 is 10.1 Å². The fraction of sp³-hybridized carbons (Fsp3) is 0.222. The summed E-state index contributed by atoms with van der Waals surface area (Å²) < 4.78 is 45.6. The van der Waals surface area contributed by atoms with E-state index in [4.69, 9.17) is 4.74 Å². The van der Waals surface area contributed by atoms with E-state index in [2.05, 4.69) is 12.2 Å². The molecule has 0 atom stereocenters. The van der Waals surface area contributed by atoms with Crippen LogP contribution in [0.3, 0.4) is 0 Å². The molecule has 1 aromatic heterocycles. The van der Waals surface area contributed by atoms with E-state index < -0.39 is 17.5 Å². The summed E-state index contributed by atoms with van der Waals surface area (Å²) in [5.41, 5.74) is 0.462. The molecule has 182 valence electrons. The molecule has 0 saturated heterocycles. The molecule has 0 fully saturated rings. The number of aryl methyl sites for hydroxylation is 1. The molecule has 0 unspecified atom stereocenters. The van der Waals surface area contributed by atoms with Gasteiger partial charge in [0.05, 0.1) is 5.56 Å². The number of carbonyl (C=O) groups is 1. The fourth-order valence-corrected chi connectivity index (χ4v) is 4.82. The maximum absolute atomic E-state index is 13.3. The zero-order valence-corrected chi connectivity index (χ0v) is 19.8. The first-order valence-electron chi connectivity index (χ1n) is 11.2. The number of hydrogen-bond donors (Lipinski definition) is 2. The first-order valence-corrected chi connectivity index (χ1v) is 12.0. The van der Waals surface area contributed by atoms with Gasteiger partial charge in [-0.05, 0) is 74.0 Å². The second-order valence-electron chi connectivity index (χ2n) is 8.05. The van der Waals surface area contributed by atoms with E-state index in [1.54, 1.807) is 6.07 Å². The number of rotatable bonds is 9. The lowest BCUT2D eigenvalue weighted by Gasteiger charge is -2.10. The van der Waals surface area contributed by atoms with Crippen LogP contribution in [0, 0.1) is 0 Å². The molecule has 1 heterocycles. The Morgan fingerprint density at radius 1 is 1.03 bits per heavy atom. The van der Waals surface area contributed by atoms with Gasteiger partial charge in [0.2, 0.25) is 5.78 Å². The summed E-state index contributed by atoms with van der Waals surface area (Å²) in [5, 5.41) is 13.8. The maximum Gasteiger partial charge on any atom is 0.416 e. The van der Waals surface area contributed by atoms with Crippen molar-refractivity contribution in [2.24, 2.45) is 0 Å². The van der Waals surface area contributed by atoms with Crippen molar-refractivity contribution in [1.29, 1.82) is 0 Å². The minimum absolute atomic E-state index is 0.0424. The van der Waals surface area contributed by atoms with Gasteiger partial charge in [-0.1, -0.05) is 31.2 Å². The summed E-state index contributed by atoms with van der Waals surface area (Å²) in [6.07, 6.45) is -2.55. The van der Waals surface area contributed by atoms with Crippen molar-refractivity contribution in [1.82, 2.24) is 5.32 Å². The molecule has 0 aliphatic carbocycles. The third-order valence-electron chi connectivity index (χ3n) is 5.52. The lowest BCUT2D eigenvalue weighted by atomic mass is 10.1. The largest absolute Gasteiger partial charge is 0.508 e. The Hall–Kier alpha value is -3.36. The Morgan fingerprint density at radius 2 is 1.74 bits per heavy atom. The number of hydrogen-bond acceptors (Lipinski definition) is 5. The van der Waals surface area contributed by atoms with Crippen LogP contribution in [0.5, 0.6) is 17.2 Å². The first kappa shape index (κ1) is 24.8. The van der Waals surface area contributed by atoms with E-state index in [1.165, 1.54) is 24.3 Å². The molecular weight excluding hydrogens is 475 g/mol. The number of fused-ring (bicyclic) bond motifs is 1. The highest BCUT2D eigenvalue weighted by molar-refractivity contribution is 7.21. The molecule has 0 aliphatic heterocycles. The van der Waals surface area contributed by atoms with Crippen LogP contribution in [0.4, 0.5) is 13.2 Å². The third-order valence-corrected chi connectivity index (χ3v) is 6.65. The minimum atomic E-state index is -4.48. The van der Waals surface area contributed by atoms with Crippen molar-refractivity contribution in [3.05, 3.63) is 88.3 Å². The lowest BCUT2D eigenvalue weighted by Crippen LogP contribution is -2.14. The Bertz CT molecular complexity index is 1310. The smallest absolute Gasteiger partial charge is 0.416 e. The van der Waals surface area contributed by atoms with E-state index in [1.807, 2.05) is 24.3 Å². The number of benzene rings is 3. The molecule has 3 aromatic carbocycles. The fourth-order valence-electron chi connectivity index (χ4n) is 3.69. The van der Waals surface area contributed by atoms with Crippen molar-refractivity contribution >= 4 is 27.2 Å². The van der Waals surface area contributed by atoms with Gasteiger partial charge in [-0.15, -0.1) is 11.3 Å². The number of ketones is 1. The van der Waals surface area contributed by atoms with Crippen molar-refractivity contribution in [3.63, 3.8) is 0 Å². The monoisotopic (exact) mass is 499 g/mol. The van der Waals surface area contributed by atoms with Crippen LogP contribution in [0.25, 0.3) is 10.1 Å². The Kier molecular flexibility index (Phi) is 7.42. The number of nitrogens with one attached hydrogen (secondary N) is 1. The number of carbonyl (C=O) groups excluding carboxylic acids is 1. The number of phenols is 1. The summed E-state index contributed by atoms with van der Waals surface area (Å²) in [7, 11) is 0. The number of halogens is 3. The van der Waals surface area contributed by atoms with Crippen molar-refractivity contribution in [3.8, 4) is 17.2 Å². The molecule has 4 aromatic rings. The average Bonchev–Trinajstić information content (AvgIpc) is 3.19. The van der Waals surface area contributed by atoms with Gasteiger partial charge in [0.25, 0.3) is 0 Å². The highest BCUT2D eigenvalue weighted by Gasteiger charge is 2.30. The van der Waals surface area contributed by atoms with Gasteiger partial charge in [0.1, 0.15) is 16.4 Å². The van der Waals surface area contributed by atoms with E-state index in [9.17, 15) is 23.1 Å². The van der Waals surface area contributed by atoms with Crippen LogP contribution in [-0.2, 0) is 12.6 Å². The molecule has 4 rings (SSSR count). The average molecular weight is 500 g/mol. The van der Waals surface area contributed by atoms with Crippen LogP contribution >= 0.6 is 11.3 Å². The van der Waals surface area contributed by atoms with Gasteiger partial charge in [0, 0.05) is 15.6 Å². The summed E-state index contributed by atoms with van der Waals surface area (Å²) in [4.78, 5) is 13.5. The van der Waals surface area contributed by atoms with Gasteiger partial charge in [-0.25, -0.2) is 0 Å². The number of phenolic OH excluding ortho intramolecular Hbond substituents is 1. The van der Waals surface area contributed by atoms with Gasteiger partial charge >= 0.3 is 6.18 Å². The van der Waals surface area contributed by atoms with Gasteiger partial charge in [-0.3, -0.25) is 4.79 Å². The van der Waals surface area contributed by atoms with Crippen molar-refractivity contribution < 1.29 is 27.8 Å². The summed E-state index contributed by atoms with van der Waals surface area (Å²) >= 11 is 1.13. The number of alkyl halides is 3. The Balaban J connectivity index is 1.63. The second-order valence-corrected chi connectivity index (χ2v) is 9.10. The topological polar surface area (TPSA) is 58.6 Å². The molecular formula is C27H24F3NO3S.